The Morgan fingerprint density at radius 3 is 2.60 bits per heavy atom. The van der Waals surface area contributed by atoms with Crippen LogP contribution in [0.3, 0.4) is 0 Å². The van der Waals surface area contributed by atoms with E-state index in [-0.39, 0.29) is 16.8 Å². The van der Waals surface area contributed by atoms with Crippen LogP contribution in [0.5, 0.6) is 0 Å². The van der Waals surface area contributed by atoms with Crippen LogP contribution >= 0.6 is 0 Å². The van der Waals surface area contributed by atoms with Gasteiger partial charge in [0.05, 0.1) is 4.92 Å². The van der Waals surface area contributed by atoms with Gasteiger partial charge in [0.15, 0.2) is 6.17 Å². The number of nitro groups is 1. The molecule has 1 saturated heterocycles. The Bertz CT molecular complexity index is 400. The van der Waals surface area contributed by atoms with Crippen molar-refractivity contribution in [3.63, 3.8) is 0 Å². The molecule has 20 heavy (non-hydrogen) atoms. The standard InChI is InChI=1S/C13H23N5O2/c1-3-16(4-2)17-9-5-6-12(18(19)20)13(17)15-10-7-14-8-11-15/h5-6,9,13-14H,3-4,7-8,10-11H2,1-2H3. The van der Waals surface area contributed by atoms with E-state index in [9.17, 15) is 10.1 Å². The first-order valence-electron chi connectivity index (χ1n) is 7.19. The summed E-state index contributed by atoms with van der Waals surface area (Å²) < 4.78 is 0. The molecule has 1 unspecified atom stereocenters. The number of allylic oxidation sites excluding steroid dienone is 2. The molecule has 0 aromatic carbocycles. The molecular formula is C13H23N5O2. The summed E-state index contributed by atoms with van der Waals surface area (Å²) in [6.07, 6.45) is 5.01. The summed E-state index contributed by atoms with van der Waals surface area (Å²) in [5.41, 5.74) is 0.251. The summed E-state index contributed by atoms with van der Waals surface area (Å²) in [7, 11) is 0. The van der Waals surface area contributed by atoms with Crippen molar-refractivity contribution in [2.24, 2.45) is 0 Å². The van der Waals surface area contributed by atoms with Gasteiger partial charge in [-0.3, -0.25) is 20.0 Å². The molecule has 0 aliphatic carbocycles. The fourth-order valence-electron chi connectivity index (χ4n) is 2.77. The van der Waals surface area contributed by atoms with Crippen LogP contribution in [0.15, 0.2) is 24.0 Å². The number of hydrogen-bond acceptors (Lipinski definition) is 6. The van der Waals surface area contributed by atoms with Crippen molar-refractivity contribution >= 4 is 0 Å². The smallest absolute Gasteiger partial charge is 0.284 e. The number of nitrogens with zero attached hydrogens (tertiary/aromatic N) is 4. The van der Waals surface area contributed by atoms with Gasteiger partial charge >= 0.3 is 0 Å². The van der Waals surface area contributed by atoms with E-state index in [1.165, 1.54) is 0 Å². The lowest BCUT2D eigenvalue weighted by molar-refractivity contribution is -0.440. The van der Waals surface area contributed by atoms with Crippen LogP contribution in [0.1, 0.15) is 13.8 Å². The van der Waals surface area contributed by atoms with Crippen LogP contribution in [-0.2, 0) is 0 Å². The average Bonchev–Trinajstić information content (AvgIpc) is 2.49. The highest BCUT2D eigenvalue weighted by atomic mass is 16.6. The lowest BCUT2D eigenvalue weighted by Crippen LogP contribution is -2.59. The molecule has 0 radical (unpaired) electrons. The summed E-state index contributed by atoms with van der Waals surface area (Å²) in [6.45, 7) is 9.17. The first-order valence-corrected chi connectivity index (χ1v) is 7.19. The predicted octanol–water partition coefficient (Wildman–Crippen LogP) is 0.464. The van der Waals surface area contributed by atoms with Gasteiger partial charge in [0, 0.05) is 51.5 Å². The monoisotopic (exact) mass is 281 g/mol. The van der Waals surface area contributed by atoms with E-state index >= 15 is 0 Å². The molecule has 1 fully saturated rings. The van der Waals surface area contributed by atoms with Crippen LogP contribution in [0.25, 0.3) is 0 Å². The van der Waals surface area contributed by atoms with Crippen molar-refractivity contribution in [1.29, 1.82) is 0 Å². The number of rotatable bonds is 5. The van der Waals surface area contributed by atoms with Crippen LogP contribution in [0, 0.1) is 10.1 Å². The van der Waals surface area contributed by atoms with E-state index in [4.69, 9.17) is 0 Å². The van der Waals surface area contributed by atoms with Gasteiger partial charge in [-0.05, 0) is 6.08 Å². The Morgan fingerprint density at radius 1 is 1.40 bits per heavy atom. The fraction of sp³-hybridized carbons (Fsp3) is 0.692. The summed E-state index contributed by atoms with van der Waals surface area (Å²) in [6, 6.07) is 0. The van der Waals surface area contributed by atoms with Gasteiger partial charge in [0.25, 0.3) is 5.70 Å². The zero-order chi connectivity index (χ0) is 14.5. The van der Waals surface area contributed by atoms with Gasteiger partial charge in [-0.25, -0.2) is 5.01 Å². The first kappa shape index (κ1) is 15.0. The Kier molecular flexibility index (Phi) is 5.11. The highest BCUT2D eigenvalue weighted by Crippen LogP contribution is 2.23. The third kappa shape index (κ3) is 3.00. The van der Waals surface area contributed by atoms with Crippen LogP contribution in [0.4, 0.5) is 0 Å². The largest absolute Gasteiger partial charge is 0.314 e. The van der Waals surface area contributed by atoms with Gasteiger partial charge < -0.3 is 5.32 Å². The van der Waals surface area contributed by atoms with Gasteiger partial charge in [-0.1, -0.05) is 13.8 Å². The Balaban J connectivity index is 2.27. The molecule has 2 heterocycles. The highest BCUT2D eigenvalue weighted by Gasteiger charge is 2.38. The normalized spacial score (nSPS) is 24.1. The molecule has 2 aliphatic heterocycles. The lowest BCUT2D eigenvalue weighted by Gasteiger charge is -2.44. The minimum atomic E-state index is -0.308. The second-order valence-electron chi connectivity index (χ2n) is 4.87. The maximum atomic E-state index is 11.4. The molecular weight excluding hydrogens is 258 g/mol. The van der Waals surface area contributed by atoms with Gasteiger partial charge in [0.2, 0.25) is 0 Å². The second-order valence-corrected chi connectivity index (χ2v) is 4.87. The molecule has 112 valence electrons. The highest BCUT2D eigenvalue weighted by molar-refractivity contribution is 5.17. The van der Waals surface area contributed by atoms with Crippen molar-refractivity contribution in [1.82, 2.24) is 20.2 Å². The van der Waals surface area contributed by atoms with E-state index in [2.05, 4.69) is 29.1 Å². The van der Waals surface area contributed by atoms with E-state index in [0.717, 1.165) is 39.3 Å². The van der Waals surface area contributed by atoms with Crippen LogP contribution in [0.2, 0.25) is 0 Å². The number of hydrogen-bond donors (Lipinski definition) is 1. The predicted molar refractivity (Wildman–Crippen MR) is 77.2 cm³/mol. The second kappa shape index (κ2) is 6.83. The molecule has 0 aromatic rings. The fourth-order valence-corrected chi connectivity index (χ4v) is 2.77. The lowest BCUT2D eigenvalue weighted by atomic mass is 10.2. The summed E-state index contributed by atoms with van der Waals surface area (Å²) in [4.78, 5) is 13.3. The molecule has 1 N–H and O–H groups in total. The number of hydrazine groups is 1. The molecule has 0 bridgehead atoms. The minimum Gasteiger partial charge on any atom is -0.314 e. The molecule has 0 spiro atoms. The van der Waals surface area contributed by atoms with Crippen molar-refractivity contribution in [2.75, 3.05) is 39.3 Å². The molecule has 1 atom stereocenters. The Labute approximate surface area is 119 Å². The molecule has 0 aromatic heterocycles. The molecule has 2 aliphatic rings. The van der Waals surface area contributed by atoms with Crippen molar-refractivity contribution < 1.29 is 4.92 Å². The third-order valence-corrected chi connectivity index (χ3v) is 3.79. The van der Waals surface area contributed by atoms with Crippen LogP contribution in [-0.4, -0.2) is 65.3 Å². The number of piperazine rings is 1. The van der Waals surface area contributed by atoms with Gasteiger partial charge in [0.1, 0.15) is 0 Å². The maximum absolute atomic E-state index is 11.4. The summed E-state index contributed by atoms with van der Waals surface area (Å²) in [5, 5.41) is 18.8. The van der Waals surface area contributed by atoms with E-state index in [1.807, 2.05) is 11.2 Å². The molecule has 0 saturated carbocycles. The summed E-state index contributed by atoms with van der Waals surface area (Å²) >= 11 is 0. The molecule has 7 nitrogen and oxygen atoms in total. The SMILES string of the molecule is CCN(CC)N1C=CC=C([N+](=O)[O-])C1N1CCNCC1. The topological polar surface area (TPSA) is 64.9 Å². The van der Waals surface area contributed by atoms with Crippen molar-refractivity contribution in [3.05, 3.63) is 34.2 Å². The van der Waals surface area contributed by atoms with E-state index < -0.39 is 0 Å². The van der Waals surface area contributed by atoms with E-state index in [0.29, 0.717) is 0 Å². The molecule has 0 amide bonds. The first-order chi connectivity index (χ1) is 9.69. The van der Waals surface area contributed by atoms with Crippen molar-refractivity contribution in [2.45, 2.75) is 20.0 Å². The van der Waals surface area contributed by atoms with Crippen LogP contribution < -0.4 is 5.32 Å². The van der Waals surface area contributed by atoms with Crippen molar-refractivity contribution in [3.8, 4) is 0 Å². The third-order valence-electron chi connectivity index (χ3n) is 3.79. The molecule has 7 heteroatoms. The summed E-state index contributed by atoms with van der Waals surface area (Å²) in [5.74, 6) is 0. The number of nitrogens with one attached hydrogen (secondary N) is 1. The maximum Gasteiger partial charge on any atom is 0.284 e. The molecule has 2 rings (SSSR count). The zero-order valence-electron chi connectivity index (χ0n) is 12.2. The zero-order valence-corrected chi connectivity index (χ0v) is 12.2. The quantitative estimate of drug-likeness (QED) is 0.583. The minimum absolute atomic E-state index is 0.251. The average molecular weight is 281 g/mol. The Hall–Kier alpha value is -1.44. The van der Waals surface area contributed by atoms with Gasteiger partial charge in [-0.15, -0.1) is 0 Å². The Morgan fingerprint density at radius 2 is 2.05 bits per heavy atom. The van der Waals surface area contributed by atoms with Gasteiger partial charge in [-0.2, -0.15) is 0 Å². The van der Waals surface area contributed by atoms with E-state index in [1.54, 1.807) is 12.2 Å².